The number of nitro groups is 1. The minimum Gasteiger partial charge on any atom is -0.308 e. The fourth-order valence-corrected chi connectivity index (χ4v) is 2.77. The van der Waals surface area contributed by atoms with E-state index >= 15 is 0 Å². The van der Waals surface area contributed by atoms with Crippen LogP contribution in [-0.4, -0.2) is 21.2 Å². The highest BCUT2D eigenvalue weighted by molar-refractivity contribution is 7.18. The van der Waals surface area contributed by atoms with Crippen molar-refractivity contribution in [2.45, 2.75) is 6.92 Å². The van der Waals surface area contributed by atoms with Crippen LogP contribution >= 0.6 is 11.3 Å². The number of benzene rings is 2. The average molecular weight is 355 g/mol. The van der Waals surface area contributed by atoms with Gasteiger partial charge in [0.2, 0.25) is 5.13 Å². The number of rotatable bonds is 4. The first kappa shape index (κ1) is 16.5. The lowest BCUT2D eigenvalue weighted by Crippen LogP contribution is -2.19. The van der Waals surface area contributed by atoms with E-state index in [-0.39, 0.29) is 5.69 Å². The van der Waals surface area contributed by atoms with Crippen LogP contribution in [0.3, 0.4) is 0 Å². The van der Waals surface area contributed by atoms with Crippen molar-refractivity contribution in [1.82, 2.24) is 10.2 Å². The quantitative estimate of drug-likeness (QED) is 0.541. The van der Waals surface area contributed by atoms with Crippen molar-refractivity contribution in [3.63, 3.8) is 0 Å². The summed E-state index contributed by atoms with van der Waals surface area (Å²) in [6.45, 7) is 1.96. The van der Waals surface area contributed by atoms with Crippen molar-refractivity contribution in [2.75, 3.05) is 10.6 Å². The van der Waals surface area contributed by atoms with E-state index < -0.39 is 11.0 Å². The average Bonchev–Trinajstić information content (AvgIpc) is 3.05. The van der Waals surface area contributed by atoms with Crippen LogP contribution in [0.1, 0.15) is 5.56 Å². The van der Waals surface area contributed by atoms with Gasteiger partial charge >= 0.3 is 6.03 Å². The smallest absolute Gasteiger partial charge is 0.308 e. The maximum atomic E-state index is 12.0. The second kappa shape index (κ2) is 7.05. The molecule has 0 fully saturated rings. The molecule has 2 aromatic carbocycles. The molecule has 0 atom stereocenters. The van der Waals surface area contributed by atoms with E-state index in [1.165, 1.54) is 12.1 Å². The molecular weight excluding hydrogens is 342 g/mol. The maximum absolute atomic E-state index is 12.0. The Labute approximate surface area is 146 Å². The van der Waals surface area contributed by atoms with Crippen LogP contribution < -0.4 is 10.6 Å². The normalized spacial score (nSPS) is 10.3. The summed E-state index contributed by atoms with van der Waals surface area (Å²) < 4.78 is 0. The number of carbonyl (C=O) groups is 1. The Morgan fingerprint density at radius 1 is 1.12 bits per heavy atom. The Morgan fingerprint density at radius 3 is 2.60 bits per heavy atom. The van der Waals surface area contributed by atoms with E-state index in [1.54, 1.807) is 24.3 Å². The molecule has 0 bridgehead atoms. The third-order valence-corrected chi connectivity index (χ3v) is 4.15. The zero-order valence-corrected chi connectivity index (χ0v) is 13.9. The third kappa shape index (κ3) is 4.15. The molecule has 9 heteroatoms. The number of amides is 2. The van der Waals surface area contributed by atoms with Crippen LogP contribution in [0.4, 0.5) is 21.3 Å². The molecule has 8 nitrogen and oxygen atoms in total. The second-order valence-electron chi connectivity index (χ2n) is 5.16. The Hall–Kier alpha value is -3.33. The van der Waals surface area contributed by atoms with Gasteiger partial charge in [-0.1, -0.05) is 41.2 Å². The molecule has 126 valence electrons. The van der Waals surface area contributed by atoms with E-state index in [0.29, 0.717) is 21.4 Å². The van der Waals surface area contributed by atoms with Gasteiger partial charge in [0.05, 0.1) is 4.92 Å². The van der Waals surface area contributed by atoms with Gasteiger partial charge in [0.25, 0.3) is 5.69 Å². The van der Waals surface area contributed by atoms with Gasteiger partial charge < -0.3 is 5.32 Å². The molecule has 0 saturated heterocycles. The molecule has 3 aromatic rings. The highest BCUT2D eigenvalue weighted by Crippen LogP contribution is 2.28. The molecule has 2 N–H and O–H groups in total. The molecule has 3 rings (SSSR count). The zero-order chi connectivity index (χ0) is 17.8. The largest absolute Gasteiger partial charge is 0.325 e. The first-order valence-corrected chi connectivity index (χ1v) is 8.06. The monoisotopic (exact) mass is 355 g/mol. The van der Waals surface area contributed by atoms with Crippen molar-refractivity contribution in [3.8, 4) is 10.6 Å². The summed E-state index contributed by atoms with van der Waals surface area (Å²) in [4.78, 5) is 22.3. The number of aromatic nitrogens is 2. The molecule has 0 aliphatic carbocycles. The van der Waals surface area contributed by atoms with E-state index in [9.17, 15) is 14.9 Å². The predicted octanol–water partition coefficient (Wildman–Crippen LogP) is 4.07. The minimum absolute atomic E-state index is 0.0284. The van der Waals surface area contributed by atoms with Gasteiger partial charge in [-0.3, -0.25) is 15.4 Å². The van der Waals surface area contributed by atoms with Gasteiger partial charge in [0.1, 0.15) is 5.01 Å². The molecule has 25 heavy (non-hydrogen) atoms. The summed E-state index contributed by atoms with van der Waals surface area (Å²) >= 11 is 1.13. The van der Waals surface area contributed by atoms with Crippen LogP contribution in [0.15, 0.2) is 48.5 Å². The number of hydrogen-bond acceptors (Lipinski definition) is 6. The molecule has 2 amide bonds. The zero-order valence-electron chi connectivity index (χ0n) is 13.1. The number of urea groups is 1. The van der Waals surface area contributed by atoms with Crippen LogP contribution in [0.5, 0.6) is 0 Å². The Bertz CT molecular complexity index is 924. The summed E-state index contributed by atoms with van der Waals surface area (Å²) in [7, 11) is 0. The second-order valence-corrected chi connectivity index (χ2v) is 6.14. The number of carbonyl (C=O) groups excluding carboxylic acids is 1. The number of nitro benzene ring substituents is 1. The molecule has 0 saturated carbocycles. The number of nitrogens with zero attached hydrogens (tertiary/aromatic N) is 3. The van der Waals surface area contributed by atoms with Gasteiger partial charge in [-0.25, -0.2) is 4.79 Å². The maximum Gasteiger partial charge on any atom is 0.325 e. The molecule has 0 aliphatic rings. The van der Waals surface area contributed by atoms with E-state index in [4.69, 9.17) is 0 Å². The summed E-state index contributed by atoms with van der Waals surface area (Å²) in [6.07, 6.45) is 0. The molecule has 0 spiro atoms. The predicted molar refractivity (Wildman–Crippen MR) is 95.8 cm³/mol. The van der Waals surface area contributed by atoms with Gasteiger partial charge in [-0.15, -0.1) is 10.2 Å². The number of hydrogen-bond donors (Lipinski definition) is 2. The topological polar surface area (TPSA) is 110 Å². The van der Waals surface area contributed by atoms with Crippen molar-refractivity contribution in [3.05, 3.63) is 64.2 Å². The van der Waals surface area contributed by atoms with Gasteiger partial charge in [-0.05, 0) is 19.1 Å². The van der Waals surface area contributed by atoms with Crippen molar-refractivity contribution >= 4 is 33.9 Å². The molecular formula is C16H13N5O3S. The van der Waals surface area contributed by atoms with Gasteiger partial charge in [0, 0.05) is 23.4 Å². The lowest BCUT2D eigenvalue weighted by Gasteiger charge is -2.04. The lowest BCUT2D eigenvalue weighted by atomic mass is 10.2. The first-order chi connectivity index (χ1) is 12.0. The highest BCUT2D eigenvalue weighted by atomic mass is 32.1. The van der Waals surface area contributed by atoms with Crippen molar-refractivity contribution in [2.24, 2.45) is 0 Å². The standard InChI is InChI=1S/C16H13N5O3S/c1-10-5-7-12(8-6-10)17-15(22)18-16-20-19-14(25-16)11-3-2-4-13(9-11)21(23)24/h2-9H,1H3,(H2,17,18,20,22). The summed E-state index contributed by atoms with van der Waals surface area (Å²) in [6, 6.07) is 13.0. The molecule has 0 radical (unpaired) electrons. The van der Waals surface area contributed by atoms with Gasteiger partial charge in [-0.2, -0.15) is 0 Å². The van der Waals surface area contributed by atoms with Crippen LogP contribution in [0, 0.1) is 17.0 Å². The fraction of sp³-hybridized carbons (Fsp3) is 0.0625. The highest BCUT2D eigenvalue weighted by Gasteiger charge is 2.12. The van der Waals surface area contributed by atoms with E-state index in [0.717, 1.165) is 16.9 Å². The minimum atomic E-state index is -0.473. The van der Waals surface area contributed by atoms with Crippen molar-refractivity contribution < 1.29 is 9.72 Å². The van der Waals surface area contributed by atoms with Gasteiger partial charge in [0.15, 0.2) is 0 Å². The molecule has 0 unspecified atom stereocenters. The summed E-state index contributed by atoms with van der Waals surface area (Å²) in [5.41, 5.74) is 2.29. The first-order valence-electron chi connectivity index (χ1n) is 7.24. The molecule has 0 aliphatic heterocycles. The SMILES string of the molecule is Cc1ccc(NC(=O)Nc2nnc(-c3cccc([N+](=O)[O-])c3)s2)cc1. The molecule has 1 heterocycles. The Kier molecular flexibility index (Phi) is 4.66. The van der Waals surface area contributed by atoms with Crippen LogP contribution in [0.2, 0.25) is 0 Å². The van der Waals surface area contributed by atoms with Crippen LogP contribution in [-0.2, 0) is 0 Å². The number of nitrogens with one attached hydrogen (secondary N) is 2. The lowest BCUT2D eigenvalue weighted by molar-refractivity contribution is -0.384. The van der Waals surface area contributed by atoms with E-state index in [1.807, 2.05) is 19.1 Å². The Balaban J connectivity index is 1.69. The Morgan fingerprint density at radius 2 is 1.88 bits per heavy atom. The summed E-state index contributed by atoms with van der Waals surface area (Å²) in [5, 5.41) is 24.8. The van der Waals surface area contributed by atoms with E-state index in [2.05, 4.69) is 20.8 Å². The number of anilines is 2. The fourth-order valence-electron chi connectivity index (χ4n) is 2.04. The number of aryl methyl sites for hydroxylation is 1. The third-order valence-electron chi connectivity index (χ3n) is 3.26. The molecule has 1 aromatic heterocycles. The number of non-ortho nitro benzene ring substituents is 1. The summed E-state index contributed by atoms with van der Waals surface area (Å²) in [5.74, 6) is 0. The van der Waals surface area contributed by atoms with Crippen LogP contribution in [0.25, 0.3) is 10.6 Å². The van der Waals surface area contributed by atoms with Crippen molar-refractivity contribution in [1.29, 1.82) is 0 Å².